The minimum atomic E-state index is -4.06. The van der Waals surface area contributed by atoms with Crippen LogP contribution in [-0.4, -0.2) is 35.5 Å². The van der Waals surface area contributed by atoms with Crippen molar-refractivity contribution in [3.63, 3.8) is 0 Å². The predicted octanol–water partition coefficient (Wildman–Crippen LogP) is 4.12. The highest BCUT2D eigenvalue weighted by molar-refractivity contribution is 7.93. The number of nitrogens with one attached hydrogen (secondary N) is 1. The molecular formula is C24H25ClN2O5S2. The Kier molecular flexibility index (Phi) is 7.70. The van der Waals surface area contributed by atoms with E-state index in [9.17, 15) is 21.6 Å². The topological polar surface area (TPSA) is 101 Å². The molecule has 0 bridgehead atoms. The molecule has 1 unspecified atom stereocenters. The molecule has 1 N–H and O–H groups in total. The van der Waals surface area contributed by atoms with Gasteiger partial charge in [0.25, 0.3) is 10.0 Å². The highest BCUT2D eigenvalue weighted by atomic mass is 35.5. The number of nitrogens with zero attached hydrogens (tertiary/aromatic N) is 1. The van der Waals surface area contributed by atoms with Crippen LogP contribution in [0.3, 0.4) is 0 Å². The average molecular weight is 521 g/mol. The summed E-state index contributed by atoms with van der Waals surface area (Å²) in [4.78, 5) is 13.2. The molecule has 0 aliphatic heterocycles. The quantitative estimate of drug-likeness (QED) is 0.481. The van der Waals surface area contributed by atoms with Crippen LogP contribution in [0.1, 0.15) is 24.1 Å². The second-order valence-electron chi connectivity index (χ2n) is 7.89. The number of carbonyl (C=O) groups excluding carboxylic acids is 1. The number of sulfonamides is 1. The van der Waals surface area contributed by atoms with Crippen LogP contribution in [0.2, 0.25) is 5.02 Å². The van der Waals surface area contributed by atoms with Crippen molar-refractivity contribution in [2.24, 2.45) is 0 Å². The summed E-state index contributed by atoms with van der Waals surface area (Å²) in [7, 11) is -7.40. The number of carbonyl (C=O) groups is 1. The van der Waals surface area contributed by atoms with Crippen LogP contribution in [0.4, 0.5) is 5.69 Å². The number of amides is 1. The number of rotatable bonds is 8. The summed E-state index contributed by atoms with van der Waals surface area (Å²) in [6, 6.07) is 18.4. The van der Waals surface area contributed by atoms with Crippen LogP contribution in [-0.2, 0) is 24.7 Å². The summed E-state index contributed by atoms with van der Waals surface area (Å²) in [6.45, 7) is 3.00. The van der Waals surface area contributed by atoms with Crippen LogP contribution in [0.25, 0.3) is 0 Å². The lowest BCUT2D eigenvalue weighted by Gasteiger charge is -2.26. The van der Waals surface area contributed by atoms with E-state index in [1.54, 1.807) is 56.3 Å². The Balaban J connectivity index is 1.89. The fourth-order valence-electron chi connectivity index (χ4n) is 3.38. The van der Waals surface area contributed by atoms with E-state index >= 15 is 0 Å². The maximum absolute atomic E-state index is 13.5. The van der Waals surface area contributed by atoms with Crippen molar-refractivity contribution >= 4 is 43.1 Å². The zero-order chi connectivity index (χ0) is 25.1. The summed E-state index contributed by atoms with van der Waals surface area (Å²) in [5, 5.41) is 3.13. The van der Waals surface area contributed by atoms with E-state index in [1.165, 1.54) is 30.3 Å². The highest BCUT2D eigenvalue weighted by Crippen LogP contribution is 2.29. The van der Waals surface area contributed by atoms with E-state index in [4.69, 9.17) is 11.6 Å². The van der Waals surface area contributed by atoms with Crippen molar-refractivity contribution in [2.75, 3.05) is 17.1 Å². The zero-order valence-corrected chi connectivity index (χ0v) is 21.3. The summed E-state index contributed by atoms with van der Waals surface area (Å²) in [5.41, 5.74) is 1.62. The third-order valence-electron chi connectivity index (χ3n) is 5.24. The maximum Gasteiger partial charge on any atom is 0.264 e. The number of anilines is 1. The van der Waals surface area contributed by atoms with Crippen molar-refractivity contribution < 1.29 is 21.6 Å². The van der Waals surface area contributed by atoms with Gasteiger partial charge in [-0.1, -0.05) is 48.0 Å². The Morgan fingerprint density at radius 2 is 1.56 bits per heavy atom. The highest BCUT2D eigenvalue weighted by Gasteiger charge is 2.29. The molecule has 0 spiro atoms. The van der Waals surface area contributed by atoms with Gasteiger partial charge in [0.15, 0.2) is 9.84 Å². The Hall–Kier alpha value is -2.88. The van der Waals surface area contributed by atoms with Crippen LogP contribution >= 0.6 is 11.6 Å². The number of hydrogen-bond acceptors (Lipinski definition) is 5. The summed E-state index contributed by atoms with van der Waals surface area (Å²) in [5.74, 6) is -0.529. The summed E-state index contributed by atoms with van der Waals surface area (Å²) in [6.07, 6.45) is 1.12. The molecule has 180 valence electrons. The first-order chi connectivity index (χ1) is 15.9. The van der Waals surface area contributed by atoms with Crippen LogP contribution < -0.4 is 9.62 Å². The molecule has 0 radical (unpaired) electrons. The van der Waals surface area contributed by atoms with Gasteiger partial charge < -0.3 is 5.32 Å². The van der Waals surface area contributed by atoms with Gasteiger partial charge in [0.2, 0.25) is 5.91 Å². The minimum absolute atomic E-state index is 0.0478. The Labute approximate surface area is 205 Å². The fourth-order valence-corrected chi connectivity index (χ4v) is 5.67. The Morgan fingerprint density at radius 1 is 0.941 bits per heavy atom. The largest absolute Gasteiger partial charge is 0.348 e. The van der Waals surface area contributed by atoms with Gasteiger partial charge in [0.1, 0.15) is 6.54 Å². The SMILES string of the molecule is Cc1ccc(Cl)cc1N(CC(=O)NC(C)c1ccc(S(C)(=O)=O)cc1)S(=O)(=O)c1ccccc1. The van der Waals surface area contributed by atoms with E-state index < -0.39 is 38.4 Å². The Bertz CT molecular complexity index is 1390. The van der Waals surface area contributed by atoms with Crippen LogP contribution in [0.15, 0.2) is 82.6 Å². The van der Waals surface area contributed by atoms with E-state index in [0.29, 0.717) is 21.8 Å². The monoisotopic (exact) mass is 520 g/mol. The van der Waals surface area contributed by atoms with Crippen molar-refractivity contribution in [2.45, 2.75) is 29.7 Å². The molecule has 34 heavy (non-hydrogen) atoms. The normalized spacial score (nSPS) is 12.7. The van der Waals surface area contributed by atoms with Gasteiger partial charge in [-0.05, 0) is 61.4 Å². The maximum atomic E-state index is 13.5. The van der Waals surface area contributed by atoms with E-state index in [2.05, 4.69) is 5.32 Å². The van der Waals surface area contributed by atoms with E-state index in [1.807, 2.05) is 0 Å². The lowest BCUT2D eigenvalue weighted by atomic mass is 10.1. The number of aryl methyl sites for hydroxylation is 1. The van der Waals surface area contributed by atoms with Gasteiger partial charge in [-0.15, -0.1) is 0 Å². The molecule has 0 saturated heterocycles. The Morgan fingerprint density at radius 3 is 2.15 bits per heavy atom. The minimum Gasteiger partial charge on any atom is -0.348 e. The standard InChI is InChI=1S/C24H25ClN2O5S2/c1-17-9-12-20(25)15-23(17)27(34(31,32)22-7-5-4-6-8-22)16-24(28)26-18(2)19-10-13-21(14-11-19)33(3,29)30/h4-15,18H,16H2,1-3H3,(H,26,28). The third-order valence-corrected chi connectivity index (χ3v) is 8.38. The summed E-state index contributed by atoms with van der Waals surface area (Å²) < 4.78 is 51.3. The van der Waals surface area contributed by atoms with Gasteiger partial charge in [0.05, 0.1) is 21.5 Å². The van der Waals surface area contributed by atoms with Crippen molar-refractivity contribution in [1.29, 1.82) is 0 Å². The summed E-state index contributed by atoms with van der Waals surface area (Å²) >= 11 is 6.14. The second kappa shape index (κ2) is 10.2. The number of benzene rings is 3. The van der Waals surface area contributed by atoms with Gasteiger partial charge in [-0.2, -0.15) is 0 Å². The number of hydrogen-bond donors (Lipinski definition) is 1. The molecule has 1 amide bonds. The molecule has 1 atom stereocenters. The molecule has 3 aromatic carbocycles. The zero-order valence-electron chi connectivity index (χ0n) is 18.9. The smallest absolute Gasteiger partial charge is 0.264 e. The molecule has 0 aliphatic rings. The first-order valence-corrected chi connectivity index (χ1v) is 14.0. The first kappa shape index (κ1) is 25.7. The van der Waals surface area contributed by atoms with Gasteiger partial charge in [-0.3, -0.25) is 9.10 Å². The van der Waals surface area contributed by atoms with Gasteiger partial charge in [-0.25, -0.2) is 16.8 Å². The number of sulfone groups is 1. The lowest BCUT2D eigenvalue weighted by molar-refractivity contribution is -0.120. The molecule has 0 fully saturated rings. The van der Waals surface area contributed by atoms with Crippen molar-refractivity contribution in [3.8, 4) is 0 Å². The van der Waals surface area contributed by atoms with E-state index in [-0.39, 0.29) is 9.79 Å². The van der Waals surface area contributed by atoms with Crippen LogP contribution in [0, 0.1) is 6.92 Å². The second-order valence-corrected chi connectivity index (χ2v) is 12.2. The number of halogens is 1. The van der Waals surface area contributed by atoms with Crippen LogP contribution in [0.5, 0.6) is 0 Å². The van der Waals surface area contributed by atoms with Gasteiger partial charge >= 0.3 is 0 Å². The molecule has 3 aromatic rings. The molecule has 10 heteroatoms. The molecule has 0 heterocycles. The van der Waals surface area contributed by atoms with Crippen molar-refractivity contribution in [1.82, 2.24) is 5.32 Å². The van der Waals surface area contributed by atoms with E-state index in [0.717, 1.165) is 10.6 Å². The molecule has 0 aromatic heterocycles. The first-order valence-electron chi connectivity index (χ1n) is 10.3. The molecule has 0 saturated carbocycles. The molecule has 7 nitrogen and oxygen atoms in total. The molecular weight excluding hydrogens is 496 g/mol. The fraction of sp³-hybridized carbons (Fsp3) is 0.208. The predicted molar refractivity (Wildman–Crippen MR) is 133 cm³/mol. The van der Waals surface area contributed by atoms with Crippen molar-refractivity contribution in [3.05, 3.63) is 88.9 Å². The molecule has 0 aliphatic carbocycles. The average Bonchev–Trinajstić information content (AvgIpc) is 2.79. The third kappa shape index (κ3) is 5.97. The van der Waals surface area contributed by atoms with Gasteiger partial charge in [0, 0.05) is 11.3 Å². The molecule has 3 rings (SSSR count). The lowest BCUT2D eigenvalue weighted by Crippen LogP contribution is -2.41.